The minimum atomic E-state index is -3.52. The fourth-order valence-electron chi connectivity index (χ4n) is 3.52. The lowest BCUT2D eigenvalue weighted by Crippen LogP contribution is -2.42. The number of hydrogen-bond donors (Lipinski definition) is 1. The zero-order chi connectivity index (χ0) is 15.1. The van der Waals surface area contributed by atoms with Crippen LogP contribution in [0.3, 0.4) is 0 Å². The van der Waals surface area contributed by atoms with Crippen LogP contribution in [-0.2, 0) is 10.0 Å². The van der Waals surface area contributed by atoms with Crippen LogP contribution < -0.4 is 5.32 Å². The number of aryl methyl sites for hydroxylation is 1. The molecule has 124 valence electrons. The van der Waals surface area contributed by atoms with Gasteiger partial charge >= 0.3 is 0 Å². The summed E-state index contributed by atoms with van der Waals surface area (Å²) < 4.78 is 40.3. The summed E-state index contributed by atoms with van der Waals surface area (Å²) in [6.45, 7) is 4.68. The van der Waals surface area contributed by atoms with Gasteiger partial charge in [-0.2, -0.15) is 4.31 Å². The van der Waals surface area contributed by atoms with E-state index in [0.29, 0.717) is 18.7 Å². The molecule has 0 aromatic heterocycles. The largest absolute Gasteiger partial charge is 0.316 e. The Morgan fingerprint density at radius 3 is 2.73 bits per heavy atom. The van der Waals surface area contributed by atoms with Crippen molar-refractivity contribution in [2.75, 3.05) is 26.2 Å². The Bertz CT molecular complexity index is 645. The van der Waals surface area contributed by atoms with E-state index >= 15 is 0 Å². The summed E-state index contributed by atoms with van der Waals surface area (Å²) in [6, 6.07) is 3.87. The van der Waals surface area contributed by atoms with E-state index in [9.17, 15) is 12.8 Å². The standard InChI is InChI=1S/C15H21FN2O2S.ClH/c1-12-9-13(16)3-4-14(12)21(19,20)18-8-6-15(11-18)5-2-7-17-10-15;/h3-4,9,17H,2,5-8,10-11H2,1H3;1H. The maximum Gasteiger partial charge on any atom is 0.243 e. The van der Waals surface area contributed by atoms with Crippen molar-refractivity contribution >= 4 is 22.4 Å². The van der Waals surface area contributed by atoms with Crippen LogP contribution in [0.4, 0.5) is 4.39 Å². The summed E-state index contributed by atoms with van der Waals surface area (Å²) in [7, 11) is -3.52. The van der Waals surface area contributed by atoms with Crippen LogP contribution in [0.1, 0.15) is 24.8 Å². The van der Waals surface area contributed by atoms with Crippen molar-refractivity contribution in [2.24, 2.45) is 5.41 Å². The number of sulfonamides is 1. The molecule has 0 amide bonds. The monoisotopic (exact) mass is 348 g/mol. The van der Waals surface area contributed by atoms with Crippen molar-refractivity contribution in [3.63, 3.8) is 0 Å². The molecule has 3 rings (SSSR count). The van der Waals surface area contributed by atoms with Crippen molar-refractivity contribution in [2.45, 2.75) is 31.1 Å². The second-order valence-electron chi connectivity index (χ2n) is 6.28. The van der Waals surface area contributed by atoms with Gasteiger partial charge < -0.3 is 5.32 Å². The lowest BCUT2D eigenvalue weighted by atomic mass is 9.80. The van der Waals surface area contributed by atoms with Crippen molar-refractivity contribution < 1.29 is 12.8 Å². The maximum absolute atomic E-state index is 13.2. The minimum Gasteiger partial charge on any atom is -0.316 e. The highest BCUT2D eigenvalue weighted by Gasteiger charge is 2.43. The zero-order valence-corrected chi connectivity index (χ0v) is 14.3. The van der Waals surface area contributed by atoms with E-state index in [1.165, 1.54) is 18.2 Å². The van der Waals surface area contributed by atoms with Crippen molar-refractivity contribution in [1.29, 1.82) is 0 Å². The van der Waals surface area contributed by atoms with Crippen LogP contribution in [0, 0.1) is 18.2 Å². The van der Waals surface area contributed by atoms with Gasteiger partial charge in [-0.1, -0.05) is 0 Å². The van der Waals surface area contributed by atoms with Crippen LogP contribution in [-0.4, -0.2) is 38.9 Å². The van der Waals surface area contributed by atoms with Gasteiger partial charge in [0.05, 0.1) is 4.90 Å². The van der Waals surface area contributed by atoms with Crippen LogP contribution in [0.15, 0.2) is 23.1 Å². The smallest absolute Gasteiger partial charge is 0.243 e. The molecule has 1 N–H and O–H groups in total. The number of benzene rings is 1. The molecule has 2 saturated heterocycles. The molecule has 2 aliphatic rings. The maximum atomic E-state index is 13.2. The third kappa shape index (κ3) is 3.15. The molecule has 1 atom stereocenters. The van der Waals surface area contributed by atoms with Crippen LogP contribution in [0.2, 0.25) is 0 Å². The lowest BCUT2D eigenvalue weighted by Gasteiger charge is -2.33. The third-order valence-corrected chi connectivity index (χ3v) is 6.72. The molecule has 2 aliphatic heterocycles. The topological polar surface area (TPSA) is 49.4 Å². The number of rotatable bonds is 2. The molecule has 1 aromatic rings. The quantitative estimate of drug-likeness (QED) is 0.892. The molecule has 0 aliphatic carbocycles. The molecule has 2 fully saturated rings. The average Bonchev–Trinajstić information content (AvgIpc) is 2.83. The van der Waals surface area contributed by atoms with Crippen molar-refractivity contribution in [1.82, 2.24) is 9.62 Å². The minimum absolute atomic E-state index is 0. The molecule has 0 radical (unpaired) electrons. The second kappa shape index (κ2) is 6.43. The van der Waals surface area contributed by atoms with Gasteiger partial charge in [0.15, 0.2) is 0 Å². The highest BCUT2D eigenvalue weighted by atomic mass is 35.5. The highest BCUT2D eigenvalue weighted by molar-refractivity contribution is 7.89. The first-order valence-corrected chi connectivity index (χ1v) is 8.84. The Hall–Kier alpha value is -0.690. The van der Waals surface area contributed by atoms with E-state index < -0.39 is 15.8 Å². The first-order valence-electron chi connectivity index (χ1n) is 7.40. The zero-order valence-electron chi connectivity index (χ0n) is 12.6. The van der Waals surface area contributed by atoms with Gasteiger partial charge in [0, 0.05) is 19.6 Å². The summed E-state index contributed by atoms with van der Waals surface area (Å²) in [5, 5.41) is 3.38. The van der Waals surface area contributed by atoms with Gasteiger partial charge in [0.25, 0.3) is 0 Å². The Morgan fingerprint density at radius 2 is 2.09 bits per heavy atom. The molecule has 22 heavy (non-hydrogen) atoms. The predicted molar refractivity (Wildman–Crippen MR) is 86.3 cm³/mol. The van der Waals surface area contributed by atoms with Gasteiger partial charge in [-0.25, -0.2) is 12.8 Å². The number of hydrogen-bond acceptors (Lipinski definition) is 3. The van der Waals surface area contributed by atoms with Crippen LogP contribution >= 0.6 is 12.4 Å². The Labute approximate surface area is 137 Å². The van der Waals surface area contributed by atoms with E-state index in [4.69, 9.17) is 0 Å². The van der Waals surface area contributed by atoms with Crippen LogP contribution in [0.5, 0.6) is 0 Å². The van der Waals surface area contributed by atoms with E-state index in [0.717, 1.165) is 32.4 Å². The Balaban J connectivity index is 0.00000176. The van der Waals surface area contributed by atoms with Crippen molar-refractivity contribution in [3.8, 4) is 0 Å². The Kier molecular flexibility index (Phi) is 5.16. The summed E-state index contributed by atoms with van der Waals surface area (Å²) in [4.78, 5) is 0.227. The molecule has 1 aromatic carbocycles. The van der Waals surface area contributed by atoms with Gasteiger partial charge in [0.1, 0.15) is 5.82 Å². The number of halogens is 2. The van der Waals surface area contributed by atoms with Crippen LogP contribution in [0.25, 0.3) is 0 Å². The van der Waals surface area contributed by atoms with E-state index in [1.54, 1.807) is 11.2 Å². The lowest BCUT2D eigenvalue weighted by molar-refractivity contribution is 0.224. The Morgan fingerprint density at radius 1 is 1.32 bits per heavy atom. The molecule has 4 nitrogen and oxygen atoms in total. The predicted octanol–water partition coefficient (Wildman–Crippen LogP) is 2.32. The van der Waals surface area contributed by atoms with E-state index in [-0.39, 0.29) is 22.7 Å². The highest BCUT2D eigenvalue weighted by Crippen LogP contribution is 2.39. The fraction of sp³-hybridized carbons (Fsp3) is 0.600. The van der Waals surface area contributed by atoms with E-state index in [1.807, 2.05) is 0 Å². The number of nitrogens with zero attached hydrogens (tertiary/aromatic N) is 1. The third-order valence-electron chi connectivity index (χ3n) is 4.72. The summed E-state index contributed by atoms with van der Waals surface area (Å²) in [5.74, 6) is -0.402. The molecule has 2 heterocycles. The number of piperidine rings is 1. The first-order chi connectivity index (χ1) is 9.93. The molecular formula is C15H22ClFN2O2S. The molecule has 0 bridgehead atoms. The first kappa shape index (κ1) is 17.7. The second-order valence-corrected chi connectivity index (χ2v) is 8.19. The molecule has 1 unspecified atom stereocenters. The van der Waals surface area contributed by atoms with Gasteiger partial charge in [-0.05, 0) is 61.9 Å². The molecule has 1 spiro atoms. The number of nitrogens with one attached hydrogen (secondary N) is 1. The SMILES string of the molecule is Cc1cc(F)ccc1S(=O)(=O)N1CCC2(CCCNC2)C1.Cl. The van der Waals surface area contributed by atoms with Gasteiger partial charge in [-0.15, -0.1) is 12.4 Å². The van der Waals surface area contributed by atoms with E-state index in [2.05, 4.69) is 5.32 Å². The van der Waals surface area contributed by atoms with Crippen molar-refractivity contribution in [3.05, 3.63) is 29.6 Å². The van der Waals surface area contributed by atoms with Gasteiger partial charge in [-0.3, -0.25) is 0 Å². The molecular weight excluding hydrogens is 327 g/mol. The normalized spacial score (nSPS) is 26.1. The molecule has 7 heteroatoms. The average molecular weight is 349 g/mol. The summed E-state index contributed by atoms with van der Waals surface area (Å²) >= 11 is 0. The fourth-order valence-corrected chi connectivity index (χ4v) is 5.28. The summed E-state index contributed by atoms with van der Waals surface area (Å²) in [6.07, 6.45) is 3.08. The molecule has 0 saturated carbocycles. The van der Waals surface area contributed by atoms with Gasteiger partial charge in [0.2, 0.25) is 10.0 Å². The summed E-state index contributed by atoms with van der Waals surface area (Å²) in [5.41, 5.74) is 0.553.